The summed E-state index contributed by atoms with van der Waals surface area (Å²) >= 11 is 0. The SMILES string of the molecule is CC[C@@]1(O)C(=O)OCc2c1cc1n(c2=O)Cc2c-1nc1ccccc1c2C=Nc1ccc(C(C)(C)C)cc1. The molecule has 0 amide bonds. The Kier molecular flexibility index (Phi) is 5.40. The first-order valence-corrected chi connectivity index (χ1v) is 12.8. The molecule has 0 saturated carbocycles. The summed E-state index contributed by atoms with van der Waals surface area (Å²) in [5.41, 5.74) is 4.40. The molecule has 0 saturated heterocycles. The molecule has 0 fully saturated rings. The third kappa shape index (κ3) is 3.61. The van der Waals surface area contributed by atoms with Gasteiger partial charge in [-0.3, -0.25) is 9.79 Å². The number of para-hydroxylation sites is 1. The molecule has 4 aromatic rings. The Balaban J connectivity index is 1.52. The molecule has 7 heteroatoms. The zero-order valence-corrected chi connectivity index (χ0v) is 21.9. The molecule has 2 aromatic carbocycles. The standard InChI is InChI=1S/C31H29N3O4/c1-5-31(37)24-14-26-27-22(16-34(26)28(35)23(24)17-38-29(31)36)21(20-8-6-7-9-25(20)33-27)15-32-19-12-10-18(11-13-19)30(2,3)4/h6-15,37H,5,16-17H2,1-4H3/t31-/m0/s1. The lowest BCUT2D eigenvalue weighted by Gasteiger charge is -2.31. The summed E-state index contributed by atoms with van der Waals surface area (Å²) in [6.45, 7) is 8.40. The van der Waals surface area contributed by atoms with E-state index in [0.717, 1.165) is 27.7 Å². The average Bonchev–Trinajstić information content (AvgIpc) is 3.27. The number of pyridine rings is 2. The maximum absolute atomic E-state index is 13.6. The van der Waals surface area contributed by atoms with Crippen molar-refractivity contribution >= 4 is 28.8 Å². The van der Waals surface area contributed by atoms with E-state index >= 15 is 0 Å². The maximum atomic E-state index is 13.6. The smallest absolute Gasteiger partial charge is 0.343 e. The molecule has 1 atom stereocenters. The fourth-order valence-electron chi connectivity index (χ4n) is 5.39. The van der Waals surface area contributed by atoms with Gasteiger partial charge >= 0.3 is 5.97 Å². The van der Waals surface area contributed by atoms with Crippen LogP contribution in [0.2, 0.25) is 0 Å². The number of rotatable bonds is 3. The molecule has 0 radical (unpaired) electrons. The lowest BCUT2D eigenvalue weighted by Crippen LogP contribution is -2.44. The molecule has 2 aliphatic rings. The Hall–Kier alpha value is -4.10. The van der Waals surface area contributed by atoms with Crippen molar-refractivity contribution in [2.24, 2.45) is 4.99 Å². The fraction of sp³-hybridized carbons (Fsp3) is 0.290. The van der Waals surface area contributed by atoms with Crippen LogP contribution >= 0.6 is 0 Å². The molecule has 192 valence electrons. The van der Waals surface area contributed by atoms with Crippen molar-refractivity contribution in [2.75, 3.05) is 0 Å². The highest BCUT2D eigenvalue weighted by Crippen LogP contribution is 2.40. The Labute approximate surface area is 220 Å². The van der Waals surface area contributed by atoms with Gasteiger partial charge in [0, 0.05) is 28.3 Å². The van der Waals surface area contributed by atoms with Crippen molar-refractivity contribution in [3.63, 3.8) is 0 Å². The number of carbonyl (C=O) groups is 1. The van der Waals surface area contributed by atoms with Gasteiger partial charge in [0.15, 0.2) is 5.60 Å². The molecule has 6 rings (SSSR count). The molecule has 7 nitrogen and oxygen atoms in total. The highest BCUT2D eigenvalue weighted by Gasteiger charge is 2.45. The second-order valence-electron chi connectivity index (χ2n) is 11.0. The van der Waals surface area contributed by atoms with Crippen molar-refractivity contribution < 1.29 is 14.6 Å². The molecular weight excluding hydrogens is 478 g/mol. The van der Waals surface area contributed by atoms with Crippen LogP contribution in [0.5, 0.6) is 0 Å². The maximum Gasteiger partial charge on any atom is 0.343 e. The van der Waals surface area contributed by atoms with Gasteiger partial charge in [-0.15, -0.1) is 0 Å². The van der Waals surface area contributed by atoms with Crippen molar-refractivity contribution in [1.82, 2.24) is 9.55 Å². The van der Waals surface area contributed by atoms with E-state index in [4.69, 9.17) is 14.7 Å². The topological polar surface area (TPSA) is 93.8 Å². The highest BCUT2D eigenvalue weighted by molar-refractivity contribution is 6.03. The number of nitrogens with zero attached hydrogens (tertiary/aromatic N) is 3. The first-order valence-electron chi connectivity index (χ1n) is 12.8. The number of aliphatic imine (C=N–C) groups is 1. The molecule has 1 N–H and O–H groups in total. The Morgan fingerprint density at radius 1 is 1.11 bits per heavy atom. The van der Waals surface area contributed by atoms with Crippen LogP contribution < -0.4 is 5.56 Å². The first-order chi connectivity index (χ1) is 18.1. The van der Waals surface area contributed by atoms with Crippen LogP contribution in [0.4, 0.5) is 5.69 Å². The van der Waals surface area contributed by atoms with Gasteiger partial charge in [0.1, 0.15) is 6.61 Å². The van der Waals surface area contributed by atoms with Gasteiger partial charge in [0.2, 0.25) is 0 Å². The summed E-state index contributed by atoms with van der Waals surface area (Å²) in [5.74, 6) is -0.730. The van der Waals surface area contributed by atoms with Crippen LogP contribution in [0.1, 0.15) is 61.9 Å². The van der Waals surface area contributed by atoms with Crippen LogP contribution in [-0.2, 0) is 33.7 Å². The summed E-state index contributed by atoms with van der Waals surface area (Å²) in [6.07, 6.45) is 1.95. The Morgan fingerprint density at radius 3 is 2.55 bits per heavy atom. The molecule has 2 aliphatic heterocycles. The molecule has 0 aliphatic carbocycles. The number of carbonyl (C=O) groups excluding carboxylic acids is 1. The van der Waals surface area contributed by atoms with Gasteiger partial charge in [0.05, 0.1) is 34.7 Å². The molecular formula is C31H29N3O4. The van der Waals surface area contributed by atoms with E-state index in [1.54, 1.807) is 17.6 Å². The van der Waals surface area contributed by atoms with Crippen molar-refractivity contribution in [1.29, 1.82) is 0 Å². The lowest BCUT2D eigenvalue weighted by atomic mass is 9.86. The monoisotopic (exact) mass is 507 g/mol. The van der Waals surface area contributed by atoms with Crippen LogP contribution in [0.3, 0.4) is 0 Å². The van der Waals surface area contributed by atoms with Gasteiger partial charge in [-0.1, -0.05) is 58.0 Å². The molecule has 0 unspecified atom stereocenters. The number of hydrogen-bond acceptors (Lipinski definition) is 6. The minimum atomic E-state index is -1.86. The third-order valence-electron chi connectivity index (χ3n) is 7.72. The van der Waals surface area contributed by atoms with E-state index in [2.05, 4.69) is 32.9 Å². The number of fused-ring (bicyclic) bond motifs is 5. The van der Waals surface area contributed by atoms with Gasteiger partial charge < -0.3 is 14.4 Å². The minimum Gasteiger partial charge on any atom is -0.458 e. The van der Waals surface area contributed by atoms with E-state index in [0.29, 0.717) is 29.1 Å². The normalized spacial score (nSPS) is 18.4. The van der Waals surface area contributed by atoms with Crippen LogP contribution in [-0.4, -0.2) is 26.8 Å². The number of aromatic nitrogens is 2. The molecule has 0 bridgehead atoms. The predicted molar refractivity (Wildman–Crippen MR) is 147 cm³/mol. The summed E-state index contributed by atoms with van der Waals surface area (Å²) in [6, 6.07) is 17.8. The summed E-state index contributed by atoms with van der Waals surface area (Å²) in [7, 11) is 0. The number of hydrogen-bond donors (Lipinski definition) is 1. The lowest BCUT2D eigenvalue weighted by molar-refractivity contribution is -0.172. The molecule has 2 aromatic heterocycles. The van der Waals surface area contributed by atoms with Gasteiger partial charge in [0.25, 0.3) is 5.56 Å². The second-order valence-corrected chi connectivity index (χ2v) is 11.0. The number of benzene rings is 2. The fourth-order valence-corrected chi connectivity index (χ4v) is 5.39. The summed E-state index contributed by atoms with van der Waals surface area (Å²) < 4.78 is 6.85. The highest BCUT2D eigenvalue weighted by atomic mass is 16.6. The van der Waals surface area contributed by atoms with Crippen LogP contribution in [0.15, 0.2) is 64.4 Å². The van der Waals surface area contributed by atoms with E-state index in [9.17, 15) is 14.7 Å². The van der Waals surface area contributed by atoms with Crippen molar-refractivity contribution in [2.45, 2.75) is 58.3 Å². The van der Waals surface area contributed by atoms with E-state index in [1.807, 2.05) is 42.6 Å². The largest absolute Gasteiger partial charge is 0.458 e. The third-order valence-corrected chi connectivity index (χ3v) is 7.72. The van der Waals surface area contributed by atoms with E-state index in [-0.39, 0.29) is 24.0 Å². The van der Waals surface area contributed by atoms with Crippen molar-refractivity contribution in [3.8, 4) is 11.4 Å². The zero-order chi connectivity index (χ0) is 26.8. The summed E-state index contributed by atoms with van der Waals surface area (Å²) in [4.78, 5) is 35.8. The van der Waals surface area contributed by atoms with E-state index < -0.39 is 11.6 Å². The molecule has 4 heterocycles. The number of aliphatic hydroxyl groups is 1. The van der Waals surface area contributed by atoms with Gasteiger partial charge in [-0.05, 0) is 41.7 Å². The Bertz CT molecular complexity index is 1710. The summed E-state index contributed by atoms with van der Waals surface area (Å²) in [5, 5.41) is 12.1. The number of cyclic esters (lactones) is 1. The van der Waals surface area contributed by atoms with Crippen LogP contribution in [0.25, 0.3) is 22.3 Å². The first kappa shape index (κ1) is 24.2. The van der Waals surface area contributed by atoms with Gasteiger partial charge in [-0.25, -0.2) is 9.78 Å². The molecule has 0 spiro atoms. The van der Waals surface area contributed by atoms with Crippen LogP contribution in [0, 0.1) is 0 Å². The number of esters is 1. The molecule has 38 heavy (non-hydrogen) atoms. The number of ether oxygens (including phenoxy) is 1. The second kappa shape index (κ2) is 8.46. The van der Waals surface area contributed by atoms with Gasteiger partial charge in [-0.2, -0.15) is 0 Å². The Morgan fingerprint density at radius 2 is 1.84 bits per heavy atom. The predicted octanol–water partition coefficient (Wildman–Crippen LogP) is 5.13. The van der Waals surface area contributed by atoms with Crippen molar-refractivity contribution in [3.05, 3.63) is 92.8 Å². The minimum absolute atomic E-state index is 0.0577. The quantitative estimate of drug-likeness (QED) is 0.270. The zero-order valence-electron chi connectivity index (χ0n) is 21.9. The van der Waals surface area contributed by atoms with E-state index in [1.165, 1.54) is 5.56 Å². The average molecular weight is 508 g/mol.